The molecule has 0 fully saturated rings. The van der Waals surface area contributed by atoms with Crippen LogP contribution in [0.5, 0.6) is 0 Å². The van der Waals surface area contributed by atoms with Crippen LogP contribution in [0.15, 0.2) is 24.3 Å². The number of alkyl halides is 3. The predicted molar refractivity (Wildman–Crippen MR) is 78.1 cm³/mol. The van der Waals surface area contributed by atoms with E-state index in [-0.39, 0.29) is 18.3 Å². The fourth-order valence-corrected chi connectivity index (χ4v) is 3.37. The molecular weight excluding hydrogens is 302 g/mol. The van der Waals surface area contributed by atoms with Crippen LogP contribution in [-0.4, -0.2) is 12.7 Å². The minimum Gasteiger partial charge on any atom is -0.309 e. The fraction of sp³-hybridized carbons (Fsp3) is 0.467. The molecule has 0 aliphatic carbocycles. The first-order valence-corrected chi connectivity index (χ1v) is 7.70. The number of hydrogen-bond acceptors (Lipinski definition) is 2. The molecule has 21 heavy (non-hydrogen) atoms. The maximum absolute atomic E-state index is 13.2. The van der Waals surface area contributed by atoms with Gasteiger partial charge in [-0.25, -0.2) is 4.39 Å². The molecule has 1 nitrogen and oxygen atoms in total. The monoisotopic (exact) mass is 319 g/mol. The zero-order valence-corrected chi connectivity index (χ0v) is 12.5. The third-order valence-electron chi connectivity index (χ3n) is 3.20. The summed E-state index contributed by atoms with van der Waals surface area (Å²) in [5.74, 6) is -0.329. The number of nitrogens with one attached hydrogen (secondary N) is 1. The average Bonchev–Trinajstić information content (AvgIpc) is 2.80. The van der Waals surface area contributed by atoms with Gasteiger partial charge >= 0.3 is 6.18 Å². The standard InChI is InChI=1S/C15H17F4NS/c1-2-7-20-12(5-6-15(17,18)19)14-8-10-3-4-11(16)9-13(10)21-14/h3-4,8-9,12,20H,2,5-7H2,1H3. The van der Waals surface area contributed by atoms with Gasteiger partial charge in [0.1, 0.15) is 5.82 Å². The first-order chi connectivity index (χ1) is 9.89. The second-order valence-corrected chi connectivity index (χ2v) is 6.11. The molecule has 0 radical (unpaired) electrons. The van der Waals surface area contributed by atoms with E-state index in [0.717, 1.165) is 21.4 Å². The highest BCUT2D eigenvalue weighted by Gasteiger charge is 2.29. The van der Waals surface area contributed by atoms with E-state index in [0.29, 0.717) is 6.54 Å². The molecule has 1 unspecified atom stereocenters. The molecule has 0 saturated heterocycles. The topological polar surface area (TPSA) is 12.0 Å². The van der Waals surface area contributed by atoms with Crippen molar-refractivity contribution >= 4 is 21.4 Å². The van der Waals surface area contributed by atoms with Crippen LogP contribution < -0.4 is 5.32 Å². The summed E-state index contributed by atoms with van der Waals surface area (Å²) in [5, 5.41) is 4.02. The summed E-state index contributed by atoms with van der Waals surface area (Å²) in [5.41, 5.74) is 0. The zero-order chi connectivity index (χ0) is 15.5. The molecule has 1 N–H and O–H groups in total. The molecule has 0 saturated carbocycles. The Morgan fingerprint density at radius 3 is 2.67 bits per heavy atom. The van der Waals surface area contributed by atoms with Crippen molar-refractivity contribution in [2.75, 3.05) is 6.54 Å². The van der Waals surface area contributed by atoms with Gasteiger partial charge in [0.2, 0.25) is 0 Å². The van der Waals surface area contributed by atoms with E-state index in [2.05, 4.69) is 5.32 Å². The summed E-state index contributed by atoms with van der Waals surface area (Å²) >= 11 is 1.35. The van der Waals surface area contributed by atoms with Gasteiger partial charge in [0.25, 0.3) is 0 Å². The van der Waals surface area contributed by atoms with Gasteiger partial charge in [-0.1, -0.05) is 13.0 Å². The lowest BCUT2D eigenvalue weighted by atomic mass is 10.1. The third-order valence-corrected chi connectivity index (χ3v) is 4.41. The number of halogens is 4. The van der Waals surface area contributed by atoms with E-state index in [1.54, 1.807) is 6.07 Å². The molecule has 0 spiro atoms. The maximum atomic E-state index is 13.2. The number of thiophene rings is 1. The van der Waals surface area contributed by atoms with Crippen LogP contribution in [0.2, 0.25) is 0 Å². The van der Waals surface area contributed by atoms with Gasteiger partial charge in [-0.2, -0.15) is 13.2 Å². The van der Waals surface area contributed by atoms with E-state index in [9.17, 15) is 17.6 Å². The Morgan fingerprint density at radius 1 is 1.24 bits per heavy atom. The maximum Gasteiger partial charge on any atom is 0.389 e. The summed E-state index contributed by atoms with van der Waals surface area (Å²) in [4.78, 5) is 0.827. The van der Waals surface area contributed by atoms with Crippen LogP contribution in [0.1, 0.15) is 37.1 Å². The Kier molecular flexibility index (Phi) is 5.22. The molecule has 2 rings (SSSR count). The minimum atomic E-state index is -4.16. The minimum absolute atomic E-state index is 0.00119. The molecule has 6 heteroatoms. The molecule has 1 heterocycles. The van der Waals surface area contributed by atoms with Crippen LogP contribution in [0.3, 0.4) is 0 Å². The van der Waals surface area contributed by atoms with Gasteiger partial charge in [-0.3, -0.25) is 0 Å². The Balaban J connectivity index is 2.20. The summed E-state index contributed by atoms with van der Waals surface area (Å²) < 4.78 is 51.3. The molecule has 0 aliphatic heterocycles. The van der Waals surface area contributed by atoms with Crippen LogP contribution in [0.25, 0.3) is 10.1 Å². The SMILES string of the molecule is CCCNC(CCC(F)(F)F)c1cc2ccc(F)cc2s1. The fourth-order valence-electron chi connectivity index (χ4n) is 2.17. The number of rotatable bonds is 6. The molecule has 1 aromatic heterocycles. The zero-order valence-electron chi connectivity index (χ0n) is 11.6. The Morgan fingerprint density at radius 2 is 2.00 bits per heavy atom. The highest BCUT2D eigenvalue weighted by atomic mass is 32.1. The first kappa shape index (κ1) is 16.2. The van der Waals surface area contributed by atoms with Gasteiger partial charge in [0.15, 0.2) is 0 Å². The Hall–Kier alpha value is -1.14. The molecule has 116 valence electrons. The van der Waals surface area contributed by atoms with Crippen molar-refractivity contribution in [3.8, 4) is 0 Å². The summed E-state index contributed by atoms with van der Waals surface area (Å²) in [6.07, 6.45) is -4.13. The van der Waals surface area contributed by atoms with Crippen molar-refractivity contribution < 1.29 is 17.6 Å². The van der Waals surface area contributed by atoms with E-state index in [1.807, 2.05) is 13.0 Å². The number of fused-ring (bicyclic) bond motifs is 1. The van der Waals surface area contributed by atoms with Crippen molar-refractivity contribution in [3.63, 3.8) is 0 Å². The van der Waals surface area contributed by atoms with E-state index < -0.39 is 12.6 Å². The van der Waals surface area contributed by atoms with Crippen LogP contribution >= 0.6 is 11.3 Å². The average molecular weight is 319 g/mol. The smallest absolute Gasteiger partial charge is 0.309 e. The number of benzene rings is 1. The number of hydrogen-bond donors (Lipinski definition) is 1. The lowest BCUT2D eigenvalue weighted by Crippen LogP contribution is -2.23. The summed E-state index contributed by atoms with van der Waals surface area (Å²) in [7, 11) is 0. The van der Waals surface area contributed by atoms with Crippen molar-refractivity contribution in [1.82, 2.24) is 5.32 Å². The molecule has 0 aliphatic rings. The second-order valence-electron chi connectivity index (χ2n) is 4.99. The van der Waals surface area contributed by atoms with Gasteiger partial charge in [0.05, 0.1) is 0 Å². The van der Waals surface area contributed by atoms with Gasteiger partial charge in [0, 0.05) is 22.0 Å². The van der Waals surface area contributed by atoms with E-state index in [1.165, 1.54) is 23.5 Å². The van der Waals surface area contributed by atoms with Crippen molar-refractivity contribution in [2.24, 2.45) is 0 Å². The summed E-state index contributed by atoms with van der Waals surface area (Å²) in [6.45, 7) is 2.62. The lowest BCUT2D eigenvalue weighted by molar-refractivity contribution is -0.136. The molecule has 2 aromatic rings. The van der Waals surface area contributed by atoms with Gasteiger partial charge < -0.3 is 5.32 Å². The summed E-state index contributed by atoms with van der Waals surface area (Å²) in [6, 6.07) is 5.95. The van der Waals surface area contributed by atoms with Crippen LogP contribution in [-0.2, 0) is 0 Å². The molecule has 1 aromatic carbocycles. The van der Waals surface area contributed by atoms with Crippen molar-refractivity contribution in [3.05, 3.63) is 35.0 Å². The normalized spacial score (nSPS) is 13.8. The van der Waals surface area contributed by atoms with Crippen molar-refractivity contribution in [1.29, 1.82) is 0 Å². The highest BCUT2D eigenvalue weighted by Crippen LogP contribution is 2.34. The predicted octanol–water partition coefficient (Wildman–Crippen LogP) is 5.42. The molecule has 1 atom stereocenters. The second kappa shape index (κ2) is 6.75. The first-order valence-electron chi connectivity index (χ1n) is 6.88. The van der Waals surface area contributed by atoms with Gasteiger partial charge in [-0.15, -0.1) is 11.3 Å². The van der Waals surface area contributed by atoms with E-state index >= 15 is 0 Å². The quantitative estimate of drug-likeness (QED) is 0.701. The Bertz CT molecular complexity index is 591. The molecule has 0 amide bonds. The largest absolute Gasteiger partial charge is 0.389 e. The van der Waals surface area contributed by atoms with Crippen LogP contribution in [0.4, 0.5) is 17.6 Å². The van der Waals surface area contributed by atoms with Crippen molar-refractivity contribution in [2.45, 2.75) is 38.4 Å². The molecular formula is C15H17F4NS. The Labute approximate surface area is 125 Å². The van der Waals surface area contributed by atoms with Gasteiger partial charge in [-0.05, 0) is 43.0 Å². The lowest BCUT2D eigenvalue weighted by Gasteiger charge is -2.18. The van der Waals surface area contributed by atoms with E-state index in [4.69, 9.17) is 0 Å². The van der Waals surface area contributed by atoms with Crippen LogP contribution in [0, 0.1) is 5.82 Å². The third kappa shape index (κ3) is 4.68. The molecule has 0 bridgehead atoms. The highest BCUT2D eigenvalue weighted by molar-refractivity contribution is 7.19.